The molecule has 0 saturated carbocycles. The molecule has 0 heterocycles. The van der Waals surface area contributed by atoms with Crippen LogP contribution in [0, 0.1) is 0 Å². The smallest absolute Gasteiger partial charge is 0.253 e. The number of amides is 1. The first-order chi connectivity index (χ1) is 18.9. The van der Waals surface area contributed by atoms with Crippen LogP contribution in [0.3, 0.4) is 0 Å². The lowest BCUT2D eigenvalue weighted by Crippen LogP contribution is -2.27. The van der Waals surface area contributed by atoms with E-state index in [2.05, 4.69) is 30.3 Å². The fourth-order valence-electron chi connectivity index (χ4n) is 4.86. The second-order valence-corrected chi connectivity index (χ2v) is 10.9. The van der Waals surface area contributed by atoms with Crippen LogP contribution in [0.15, 0.2) is 91.0 Å². The highest BCUT2D eigenvalue weighted by Crippen LogP contribution is 2.40. The van der Waals surface area contributed by atoms with Crippen molar-refractivity contribution >= 4 is 29.1 Å². The number of phenolic OH excluding ortho intramolecular Hbond substituents is 1. The van der Waals surface area contributed by atoms with Crippen molar-refractivity contribution in [2.75, 3.05) is 13.6 Å². The summed E-state index contributed by atoms with van der Waals surface area (Å²) in [6, 6.07) is 28.7. The van der Waals surface area contributed by atoms with Crippen LogP contribution in [-0.4, -0.2) is 29.5 Å². The minimum absolute atomic E-state index is 0.0792. The van der Waals surface area contributed by atoms with Crippen molar-refractivity contribution in [3.05, 3.63) is 112 Å². The van der Waals surface area contributed by atoms with Gasteiger partial charge in [0.05, 0.1) is 0 Å². The molecule has 0 saturated heterocycles. The zero-order chi connectivity index (χ0) is 27.6. The van der Waals surface area contributed by atoms with E-state index in [9.17, 15) is 9.90 Å². The van der Waals surface area contributed by atoms with Crippen LogP contribution in [0.5, 0.6) is 5.75 Å². The highest BCUT2D eigenvalue weighted by atomic mass is 35.5. The molecule has 4 aromatic carbocycles. The molecule has 0 atom stereocenters. The van der Waals surface area contributed by atoms with Gasteiger partial charge in [-0.25, -0.2) is 0 Å². The predicted molar refractivity (Wildman–Crippen MR) is 164 cm³/mol. The molecule has 0 bridgehead atoms. The predicted octanol–water partition coefficient (Wildman–Crippen LogP) is 9.69. The third-order valence-electron chi connectivity index (χ3n) is 7.03. The van der Waals surface area contributed by atoms with E-state index < -0.39 is 0 Å². The van der Waals surface area contributed by atoms with Crippen molar-refractivity contribution in [1.82, 2.24) is 4.90 Å². The lowest BCUT2D eigenvalue weighted by atomic mass is 9.94. The van der Waals surface area contributed by atoms with Gasteiger partial charge in [-0.05, 0) is 72.4 Å². The Morgan fingerprint density at radius 3 is 1.79 bits per heavy atom. The number of rotatable bonds is 12. The Morgan fingerprint density at radius 2 is 1.23 bits per heavy atom. The first-order valence-corrected chi connectivity index (χ1v) is 14.4. The zero-order valence-corrected chi connectivity index (χ0v) is 23.9. The van der Waals surface area contributed by atoms with Crippen molar-refractivity contribution in [1.29, 1.82) is 0 Å². The largest absolute Gasteiger partial charge is 0.507 e. The van der Waals surface area contributed by atoms with Gasteiger partial charge >= 0.3 is 0 Å². The number of hydrogen-bond acceptors (Lipinski definition) is 2. The van der Waals surface area contributed by atoms with Crippen LogP contribution in [0.4, 0.5) is 0 Å². The second kappa shape index (κ2) is 14.2. The highest BCUT2D eigenvalue weighted by molar-refractivity contribution is 6.31. The van der Waals surface area contributed by atoms with Gasteiger partial charge in [-0.15, -0.1) is 0 Å². The fourth-order valence-corrected chi connectivity index (χ4v) is 5.24. The van der Waals surface area contributed by atoms with E-state index in [1.54, 1.807) is 41.3 Å². The zero-order valence-electron chi connectivity index (χ0n) is 22.4. The molecular weight excluding hydrogens is 525 g/mol. The molecule has 0 spiro atoms. The number of halogens is 2. The molecule has 4 aromatic rings. The summed E-state index contributed by atoms with van der Waals surface area (Å²) in [7, 11) is 1.84. The number of aryl methyl sites for hydroxylation is 1. The van der Waals surface area contributed by atoms with Crippen LogP contribution >= 0.6 is 23.2 Å². The number of hydrogen-bond donors (Lipinski definition) is 1. The normalized spacial score (nSPS) is 10.9. The summed E-state index contributed by atoms with van der Waals surface area (Å²) in [5.41, 5.74) is 4.52. The number of nitrogens with zero attached hydrogens (tertiary/aromatic N) is 1. The van der Waals surface area contributed by atoms with E-state index in [4.69, 9.17) is 23.2 Å². The minimum Gasteiger partial charge on any atom is -0.507 e. The first kappa shape index (κ1) is 28.7. The lowest BCUT2D eigenvalue weighted by molar-refractivity contribution is 0.0792. The Kier molecular flexibility index (Phi) is 10.5. The molecule has 0 fully saturated rings. The van der Waals surface area contributed by atoms with Crippen molar-refractivity contribution in [2.45, 2.75) is 44.9 Å². The van der Waals surface area contributed by atoms with Crippen LogP contribution < -0.4 is 0 Å². The molecule has 1 amide bonds. The third-order valence-corrected chi connectivity index (χ3v) is 7.50. The third kappa shape index (κ3) is 8.11. The van der Waals surface area contributed by atoms with Crippen LogP contribution in [0.25, 0.3) is 22.3 Å². The van der Waals surface area contributed by atoms with E-state index in [1.807, 2.05) is 31.3 Å². The van der Waals surface area contributed by atoms with Crippen molar-refractivity contribution in [3.63, 3.8) is 0 Å². The Hall–Kier alpha value is -3.27. The van der Waals surface area contributed by atoms with Gasteiger partial charge in [-0.1, -0.05) is 103 Å². The second-order valence-electron chi connectivity index (χ2n) is 10.0. The van der Waals surface area contributed by atoms with Gasteiger partial charge in [0.1, 0.15) is 5.75 Å². The summed E-state index contributed by atoms with van der Waals surface area (Å²) in [5.74, 6) is 0.00965. The summed E-state index contributed by atoms with van der Waals surface area (Å²) in [6.45, 7) is 0.683. The van der Waals surface area contributed by atoms with E-state index in [0.717, 1.165) is 30.4 Å². The first-order valence-electron chi connectivity index (χ1n) is 13.6. The maximum Gasteiger partial charge on any atom is 0.253 e. The number of benzene rings is 4. The molecule has 0 aliphatic carbocycles. The van der Waals surface area contributed by atoms with Crippen LogP contribution in [0.1, 0.15) is 54.4 Å². The quantitative estimate of drug-likeness (QED) is 0.175. The van der Waals surface area contributed by atoms with Crippen molar-refractivity contribution in [3.8, 4) is 28.0 Å². The van der Waals surface area contributed by atoms with E-state index >= 15 is 0 Å². The molecule has 0 aromatic heterocycles. The Bertz CT molecular complexity index is 1320. The maximum atomic E-state index is 13.5. The van der Waals surface area contributed by atoms with Gasteiger partial charge in [0.15, 0.2) is 0 Å². The minimum atomic E-state index is -0.0792. The molecule has 5 heteroatoms. The Labute approximate surface area is 242 Å². The highest BCUT2D eigenvalue weighted by Gasteiger charge is 2.19. The SMILES string of the molecule is CN(CCCCCCCCc1ccccc1)C(=O)c1cc(-c2cccc(Cl)c2)c(O)c(-c2cccc(Cl)c2)c1. The number of phenols is 1. The average Bonchev–Trinajstić information content (AvgIpc) is 2.94. The van der Waals surface area contributed by atoms with Gasteiger partial charge < -0.3 is 10.0 Å². The summed E-state index contributed by atoms with van der Waals surface area (Å²) in [6.07, 6.45) is 8.03. The standard InChI is InChI=1S/C34H35Cl2NO2/c1-37(20-10-5-3-2-4-7-13-25-14-8-6-9-15-25)34(39)28-23-31(26-16-11-18-29(35)21-26)33(38)32(24-28)27-17-12-19-30(36)22-27/h6,8-9,11-12,14-19,21-24,38H,2-5,7,10,13,20H2,1H3. The number of aromatic hydroxyl groups is 1. The van der Waals surface area contributed by atoms with Gasteiger partial charge in [-0.2, -0.15) is 0 Å². The van der Waals surface area contributed by atoms with Gasteiger partial charge in [0.25, 0.3) is 5.91 Å². The van der Waals surface area contributed by atoms with Crippen molar-refractivity contribution < 1.29 is 9.90 Å². The Morgan fingerprint density at radius 1 is 0.692 bits per heavy atom. The van der Waals surface area contributed by atoms with Gasteiger partial charge in [0, 0.05) is 40.3 Å². The number of carbonyl (C=O) groups is 1. The van der Waals surface area contributed by atoms with Gasteiger partial charge in [-0.3, -0.25) is 4.79 Å². The van der Waals surface area contributed by atoms with Crippen LogP contribution in [-0.2, 0) is 6.42 Å². The van der Waals surface area contributed by atoms with Crippen LogP contribution in [0.2, 0.25) is 10.0 Å². The fraction of sp³-hybridized carbons (Fsp3) is 0.265. The van der Waals surface area contributed by atoms with Crippen molar-refractivity contribution in [2.24, 2.45) is 0 Å². The molecule has 0 radical (unpaired) electrons. The molecular formula is C34H35Cl2NO2. The monoisotopic (exact) mass is 559 g/mol. The lowest BCUT2D eigenvalue weighted by Gasteiger charge is -2.20. The average molecular weight is 561 g/mol. The maximum absolute atomic E-state index is 13.5. The number of unbranched alkanes of at least 4 members (excludes halogenated alkanes) is 5. The molecule has 39 heavy (non-hydrogen) atoms. The summed E-state index contributed by atoms with van der Waals surface area (Å²) < 4.78 is 0. The van der Waals surface area contributed by atoms with E-state index in [1.165, 1.54) is 31.2 Å². The molecule has 0 unspecified atom stereocenters. The summed E-state index contributed by atoms with van der Waals surface area (Å²) in [5, 5.41) is 12.4. The molecule has 0 aliphatic rings. The Balaban J connectivity index is 1.39. The van der Waals surface area contributed by atoms with E-state index in [-0.39, 0.29) is 11.7 Å². The topological polar surface area (TPSA) is 40.5 Å². The summed E-state index contributed by atoms with van der Waals surface area (Å²) in [4.78, 5) is 15.3. The molecule has 4 rings (SSSR count). The molecule has 3 nitrogen and oxygen atoms in total. The van der Waals surface area contributed by atoms with Gasteiger partial charge in [0.2, 0.25) is 0 Å². The number of carbonyl (C=O) groups excluding carboxylic acids is 1. The molecule has 1 N–H and O–H groups in total. The summed E-state index contributed by atoms with van der Waals surface area (Å²) >= 11 is 12.5. The van der Waals surface area contributed by atoms with E-state index in [0.29, 0.717) is 33.3 Å². The molecule has 0 aliphatic heterocycles. The molecule has 202 valence electrons.